The molecule has 7 nitrogen and oxygen atoms in total. The van der Waals surface area contributed by atoms with Crippen LogP contribution in [0, 0.1) is 11.8 Å². The SMILES string of the molecule is NC(=O)c1ccccc1OCC#CCNS(=O)(=O)c1cccc2cccnc12. The third kappa shape index (κ3) is 4.46. The molecule has 0 fully saturated rings. The summed E-state index contributed by atoms with van der Waals surface area (Å²) in [5.74, 6) is 5.10. The highest BCUT2D eigenvalue weighted by molar-refractivity contribution is 7.89. The normalized spacial score (nSPS) is 10.9. The minimum atomic E-state index is -3.76. The quantitative estimate of drug-likeness (QED) is 0.617. The monoisotopic (exact) mass is 395 g/mol. The van der Waals surface area contributed by atoms with Crippen molar-refractivity contribution in [1.82, 2.24) is 9.71 Å². The number of benzene rings is 2. The third-order valence-corrected chi connectivity index (χ3v) is 5.25. The van der Waals surface area contributed by atoms with Gasteiger partial charge in [-0.1, -0.05) is 42.2 Å². The van der Waals surface area contributed by atoms with Crippen LogP contribution in [-0.2, 0) is 10.0 Å². The van der Waals surface area contributed by atoms with E-state index in [1.165, 1.54) is 6.07 Å². The molecule has 28 heavy (non-hydrogen) atoms. The zero-order chi connectivity index (χ0) is 20.0. The van der Waals surface area contributed by atoms with Crippen LogP contribution in [0.15, 0.2) is 65.7 Å². The average molecular weight is 395 g/mol. The summed E-state index contributed by atoms with van der Waals surface area (Å²) in [6.07, 6.45) is 1.54. The fourth-order valence-electron chi connectivity index (χ4n) is 2.53. The van der Waals surface area contributed by atoms with Gasteiger partial charge in [0.25, 0.3) is 5.91 Å². The lowest BCUT2D eigenvalue weighted by atomic mass is 10.2. The molecule has 0 radical (unpaired) electrons. The maximum Gasteiger partial charge on any atom is 0.252 e. The molecule has 142 valence electrons. The second-order valence-electron chi connectivity index (χ2n) is 5.66. The van der Waals surface area contributed by atoms with Crippen molar-refractivity contribution >= 4 is 26.8 Å². The fourth-order valence-corrected chi connectivity index (χ4v) is 3.63. The average Bonchev–Trinajstić information content (AvgIpc) is 2.70. The van der Waals surface area contributed by atoms with Crippen LogP contribution in [0.3, 0.4) is 0 Å². The Morgan fingerprint density at radius 2 is 1.86 bits per heavy atom. The zero-order valence-corrected chi connectivity index (χ0v) is 15.6. The molecule has 0 unspecified atom stereocenters. The van der Waals surface area contributed by atoms with Crippen molar-refractivity contribution < 1.29 is 17.9 Å². The predicted octanol–water partition coefficient (Wildman–Crippen LogP) is 1.69. The van der Waals surface area contributed by atoms with E-state index < -0.39 is 15.9 Å². The maximum atomic E-state index is 12.5. The largest absolute Gasteiger partial charge is 0.480 e. The summed E-state index contributed by atoms with van der Waals surface area (Å²) < 4.78 is 32.9. The molecule has 0 aliphatic carbocycles. The van der Waals surface area contributed by atoms with Crippen molar-refractivity contribution in [1.29, 1.82) is 0 Å². The van der Waals surface area contributed by atoms with Gasteiger partial charge in [-0.15, -0.1) is 0 Å². The number of para-hydroxylation sites is 2. The summed E-state index contributed by atoms with van der Waals surface area (Å²) in [5, 5.41) is 0.734. The van der Waals surface area contributed by atoms with Crippen LogP contribution >= 0.6 is 0 Å². The molecule has 0 aliphatic rings. The highest BCUT2D eigenvalue weighted by atomic mass is 32.2. The Morgan fingerprint density at radius 3 is 2.68 bits per heavy atom. The number of hydrogen-bond acceptors (Lipinski definition) is 5. The van der Waals surface area contributed by atoms with Crippen LogP contribution in [0.1, 0.15) is 10.4 Å². The fraction of sp³-hybridized carbons (Fsp3) is 0.100. The van der Waals surface area contributed by atoms with Gasteiger partial charge in [0.1, 0.15) is 17.3 Å². The van der Waals surface area contributed by atoms with Crippen molar-refractivity contribution in [3.05, 3.63) is 66.4 Å². The number of nitrogens with zero attached hydrogens (tertiary/aromatic N) is 1. The van der Waals surface area contributed by atoms with E-state index in [2.05, 4.69) is 21.5 Å². The highest BCUT2D eigenvalue weighted by Gasteiger charge is 2.16. The lowest BCUT2D eigenvalue weighted by Crippen LogP contribution is -2.24. The Hall–Kier alpha value is -3.41. The van der Waals surface area contributed by atoms with Gasteiger partial charge in [-0.05, 0) is 24.3 Å². The van der Waals surface area contributed by atoms with E-state index in [9.17, 15) is 13.2 Å². The first-order chi connectivity index (χ1) is 13.5. The van der Waals surface area contributed by atoms with Gasteiger partial charge in [-0.25, -0.2) is 8.42 Å². The van der Waals surface area contributed by atoms with Gasteiger partial charge in [0, 0.05) is 11.6 Å². The predicted molar refractivity (Wildman–Crippen MR) is 105 cm³/mol. The minimum absolute atomic E-state index is 0.0121. The number of carbonyl (C=O) groups excluding carboxylic acids is 1. The van der Waals surface area contributed by atoms with Crippen molar-refractivity contribution in [2.45, 2.75) is 4.90 Å². The van der Waals surface area contributed by atoms with Crippen molar-refractivity contribution in [3.63, 3.8) is 0 Å². The molecule has 0 bridgehead atoms. The smallest absolute Gasteiger partial charge is 0.252 e. The van der Waals surface area contributed by atoms with Crippen LogP contribution in [0.2, 0.25) is 0 Å². The number of carbonyl (C=O) groups is 1. The number of primary amides is 1. The van der Waals surface area contributed by atoms with Gasteiger partial charge in [0.15, 0.2) is 0 Å². The number of aromatic nitrogens is 1. The first kappa shape index (κ1) is 19.4. The first-order valence-corrected chi connectivity index (χ1v) is 9.78. The number of ether oxygens (including phenoxy) is 1. The molecule has 2 aromatic carbocycles. The van der Waals surface area contributed by atoms with E-state index in [1.807, 2.05) is 0 Å². The summed E-state index contributed by atoms with van der Waals surface area (Å²) in [6, 6.07) is 15.0. The summed E-state index contributed by atoms with van der Waals surface area (Å²) in [4.78, 5) is 15.6. The zero-order valence-electron chi connectivity index (χ0n) is 14.8. The minimum Gasteiger partial charge on any atom is -0.480 e. The lowest BCUT2D eigenvalue weighted by Gasteiger charge is -2.07. The number of rotatable bonds is 6. The molecule has 0 aliphatic heterocycles. The van der Waals surface area contributed by atoms with Crippen LogP contribution in [0.25, 0.3) is 10.9 Å². The van der Waals surface area contributed by atoms with Crippen molar-refractivity contribution in [2.24, 2.45) is 5.73 Å². The molecule has 1 aromatic heterocycles. The number of hydrogen-bond donors (Lipinski definition) is 2. The molecule has 3 aromatic rings. The van der Waals surface area contributed by atoms with E-state index in [0.717, 1.165) is 5.39 Å². The van der Waals surface area contributed by atoms with Gasteiger partial charge in [-0.3, -0.25) is 9.78 Å². The van der Waals surface area contributed by atoms with Gasteiger partial charge >= 0.3 is 0 Å². The first-order valence-electron chi connectivity index (χ1n) is 8.30. The van der Waals surface area contributed by atoms with Gasteiger partial charge < -0.3 is 10.5 Å². The Balaban J connectivity index is 1.62. The van der Waals surface area contributed by atoms with Gasteiger partial charge in [-0.2, -0.15) is 4.72 Å². The summed E-state index contributed by atoms with van der Waals surface area (Å²) in [7, 11) is -3.76. The standard InChI is InChI=1S/C20H17N3O4S/c21-20(24)16-9-1-2-10-17(16)27-14-4-3-13-23-28(25,26)18-11-5-7-15-8-6-12-22-19(15)18/h1-2,5-12,23H,13-14H2,(H2,21,24). The third-order valence-electron chi connectivity index (χ3n) is 3.81. The number of fused-ring (bicyclic) bond motifs is 1. The summed E-state index contributed by atoms with van der Waals surface area (Å²) in [5.41, 5.74) is 5.93. The number of nitrogens with one attached hydrogen (secondary N) is 1. The van der Waals surface area contributed by atoms with E-state index in [0.29, 0.717) is 11.3 Å². The Bertz CT molecular complexity index is 1180. The molecular formula is C20H17N3O4S. The van der Waals surface area contributed by atoms with E-state index >= 15 is 0 Å². The molecule has 0 atom stereocenters. The molecule has 8 heteroatoms. The molecule has 0 saturated heterocycles. The molecule has 0 saturated carbocycles. The lowest BCUT2D eigenvalue weighted by molar-refractivity contribution is 0.0997. The number of amides is 1. The Morgan fingerprint density at radius 1 is 1.07 bits per heavy atom. The van der Waals surface area contributed by atoms with Crippen molar-refractivity contribution in [2.75, 3.05) is 13.2 Å². The maximum absolute atomic E-state index is 12.5. The van der Waals surface area contributed by atoms with Crippen molar-refractivity contribution in [3.8, 4) is 17.6 Å². The molecule has 0 spiro atoms. The molecule has 1 heterocycles. The second-order valence-corrected chi connectivity index (χ2v) is 7.39. The molecular weight excluding hydrogens is 378 g/mol. The summed E-state index contributed by atoms with van der Waals surface area (Å²) >= 11 is 0. The summed E-state index contributed by atoms with van der Waals surface area (Å²) in [6.45, 7) is -0.103. The molecule has 3 N–H and O–H groups in total. The van der Waals surface area contributed by atoms with Crippen LogP contribution in [-0.4, -0.2) is 32.5 Å². The van der Waals surface area contributed by atoms with Crippen LogP contribution < -0.4 is 15.2 Å². The topological polar surface area (TPSA) is 111 Å². The Labute approximate surface area is 162 Å². The van der Waals surface area contributed by atoms with Gasteiger partial charge in [0.2, 0.25) is 10.0 Å². The molecule has 1 amide bonds. The van der Waals surface area contributed by atoms with Gasteiger partial charge in [0.05, 0.1) is 17.6 Å². The van der Waals surface area contributed by atoms with E-state index in [4.69, 9.17) is 10.5 Å². The van der Waals surface area contributed by atoms with E-state index in [1.54, 1.807) is 54.7 Å². The molecule has 3 rings (SSSR count). The number of sulfonamides is 1. The Kier molecular flexibility index (Phi) is 5.89. The second kappa shape index (κ2) is 8.52. The number of pyridine rings is 1. The number of nitrogens with two attached hydrogens (primary N) is 1. The van der Waals surface area contributed by atoms with Crippen LogP contribution in [0.5, 0.6) is 5.75 Å². The highest BCUT2D eigenvalue weighted by Crippen LogP contribution is 2.20. The van der Waals surface area contributed by atoms with E-state index in [-0.39, 0.29) is 23.6 Å². The van der Waals surface area contributed by atoms with Crippen LogP contribution in [0.4, 0.5) is 0 Å².